The molecule has 2 aliphatic heterocycles. The van der Waals surface area contributed by atoms with Gasteiger partial charge in [0.1, 0.15) is 19.0 Å². The molecule has 0 aromatic heterocycles. The molecule has 26 heavy (non-hydrogen) atoms. The van der Waals surface area contributed by atoms with Crippen LogP contribution in [0.4, 0.5) is 4.39 Å². The maximum absolute atomic E-state index is 13.4. The van der Waals surface area contributed by atoms with Gasteiger partial charge in [-0.05, 0) is 48.2 Å². The number of halogens is 2. The van der Waals surface area contributed by atoms with Gasteiger partial charge in [-0.15, -0.1) is 0 Å². The Morgan fingerprint density at radius 3 is 2.31 bits per heavy atom. The second kappa shape index (κ2) is 7.55. The van der Waals surface area contributed by atoms with Crippen LogP contribution in [0.5, 0.6) is 11.5 Å². The molecule has 2 aliphatic rings. The van der Waals surface area contributed by atoms with Crippen LogP contribution in [0.3, 0.4) is 0 Å². The predicted molar refractivity (Wildman–Crippen MR) is 100 cm³/mol. The van der Waals surface area contributed by atoms with Gasteiger partial charge >= 0.3 is 0 Å². The summed E-state index contributed by atoms with van der Waals surface area (Å²) in [4.78, 5) is 0. The maximum Gasteiger partial charge on any atom is 0.162 e. The van der Waals surface area contributed by atoms with Crippen LogP contribution in [0, 0.1) is 5.82 Å². The lowest BCUT2D eigenvalue weighted by Crippen LogP contribution is -2.46. The van der Waals surface area contributed by atoms with E-state index in [1.54, 1.807) is 0 Å². The summed E-state index contributed by atoms with van der Waals surface area (Å²) >= 11 is 3.63. The summed E-state index contributed by atoms with van der Waals surface area (Å²) in [5.41, 5.74) is 1.97. The van der Waals surface area contributed by atoms with E-state index in [0.717, 1.165) is 39.9 Å². The second-order valence-corrected chi connectivity index (χ2v) is 7.50. The van der Waals surface area contributed by atoms with Crippen molar-refractivity contribution in [2.45, 2.75) is 24.9 Å². The topological polar surface area (TPSA) is 39.7 Å². The summed E-state index contributed by atoms with van der Waals surface area (Å²) in [5, 5.41) is 3.71. The second-order valence-electron chi connectivity index (χ2n) is 6.64. The van der Waals surface area contributed by atoms with Crippen molar-refractivity contribution in [3.05, 3.63) is 57.8 Å². The lowest BCUT2D eigenvalue weighted by molar-refractivity contribution is 0.0357. The molecule has 0 unspecified atom stereocenters. The molecule has 0 radical (unpaired) electrons. The maximum atomic E-state index is 13.4. The van der Waals surface area contributed by atoms with Crippen molar-refractivity contribution in [3.8, 4) is 11.5 Å². The molecule has 2 aromatic rings. The SMILES string of the molecule is Fc1ccc(C2(NCc3cc4c(cc3Br)OCCO4)CCOCC2)cc1. The molecule has 1 N–H and O–H groups in total. The van der Waals surface area contributed by atoms with E-state index in [9.17, 15) is 4.39 Å². The lowest BCUT2D eigenvalue weighted by atomic mass is 9.82. The fraction of sp³-hybridized carbons (Fsp3) is 0.400. The van der Waals surface area contributed by atoms with Crippen molar-refractivity contribution >= 4 is 15.9 Å². The Hall–Kier alpha value is -1.63. The molecule has 0 atom stereocenters. The molecule has 6 heteroatoms. The molecule has 138 valence electrons. The Morgan fingerprint density at radius 1 is 0.962 bits per heavy atom. The number of fused-ring (bicyclic) bond motifs is 1. The first-order chi connectivity index (χ1) is 12.7. The van der Waals surface area contributed by atoms with Crippen LogP contribution in [-0.2, 0) is 16.8 Å². The van der Waals surface area contributed by atoms with E-state index < -0.39 is 0 Å². The molecule has 0 spiro atoms. The molecular formula is C20H21BrFNO3. The number of nitrogens with one attached hydrogen (secondary N) is 1. The average molecular weight is 422 g/mol. The number of ether oxygens (including phenoxy) is 3. The zero-order valence-corrected chi connectivity index (χ0v) is 16.0. The van der Waals surface area contributed by atoms with Crippen molar-refractivity contribution < 1.29 is 18.6 Å². The molecule has 0 amide bonds. The standard InChI is InChI=1S/C20H21BrFNO3/c21-17-12-19-18(25-9-10-26-19)11-14(17)13-23-20(5-7-24-8-6-20)15-1-3-16(22)4-2-15/h1-4,11-12,23H,5-10,13H2. The van der Waals surface area contributed by atoms with Crippen LogP contribution in [0.25, 0.3) is 0 Å². The molecule has 4 rings (SSSR count). The minimum absolute atomic E-state index is 0.217. The molecule has 0 aliphatic carbocycles. The first kappa shape index (κ1) is 17.8. The first-order valence-electron chi connectivity index (χ1n) is 8.83. The minimum Gasteiger partial charge on any atom is -0.486 e. The van der Waals surface area contributed by atoms with Crippen LogP contribution in [0.2, 0.25) is 0 Å². The van der Waals surface area contributed by atoms with E-state index in [1.165, 1.54) is 12.1 Å². The third-order valence-corrected chi connectivity index (χ3v) is 5.81. The number of hydrogen-bond donors (Lipinski definition) is 1. The zero-order valence-electron chi connectivity index (χ0n) is 14.4. The molecule has 2 aromatic carbocycles. The summed E-state index contributed by atoms with van der Waals surface area (Å²) in [7, 11) is 0. The van der Waals surface area contributed by atoms with Gasteiger partial charge in [0.05, 0.1) is 0 Å². The Morgan fingerprint density at radius 2 is 1.62 bits per heavy atom. The third-order valence-electron chi connectivity index (χ3n) is 5.07. The van der Waals surface area contributed by atoms with Crippen LogP contribution in [-0.4, -0.2) is 26.4 Å². The van der Waals surface area contributed by atoms with Gasteiger partial charge < -0.3 is 19.5 Å². The Labute approximate surface area is 160 Å². The van der Waals surface area contributed by atoms with Gasteiger partial charge in [-0.2, -0.15) is 0 Å². The smallest absolute Gasteiger partial charge is 0.162 e. The van der Waals surface area contributed by atoms with Crippen LogP contribution >= 0.6 is 15.9 Å². The van der Waals surface area contributed by atoms with Gasteiger partial charge in [0, 0.05) is 29.8 Å². The number of hydrogen-bond acceptors (Lipinski definition) is 4. The van der Waals surface area contributed by atoms with Crippen molar-refractivity contribution in [2.24, 2.45) is 0 Å². The summed E-state index contributed by atoms with van der Waals surface area (Å²) in [6.07, 6.45) is 1.70. The minimum atomic E-state index is -0.224. The van der Waals surface area contributed by atoms with Gasteiger partial charge in [-0.1, -0.05) is 28.1 Å². The van der Waals surface area contributed by atoms with E-state index in [2.05, 4.69) is 21.2 Å². The fourth-order valence-corrected chi connectivity index (χ4v) is 4.02. The Balaban J connectivity index is 1.58. The molecule has 2 heterocycles. The van der Waals surface area contributed by atoms with Crippen LogP contribution < -0.4 is 14.8 Å². The van der Waals surface area contributed by atoms with Crippen molar-refractivity contribution in [1.82, 2.24) is 5.32 Å². The molecular weight excluding hydrogens is 401 g/mol. The van der Waals surface area contributed by atoms with E-state index >= 15 is 0 Å². The molecule has 0 saturated carbocycles. The van der Waals surface area contributed by atoms with Gasteiger partial charge in [0.2, 0.25) is 0 Å². The highest BCUT2D eigenvalue weighted by Gasteiger charge is 2.34. The van der Waals surface area contributed by atoms with Gasteiger partial charge in [0.15, 0.2) is 11.5 Å². The van der Waals surface area contributed by atoms with Crippen molar-refractivity contribution in [2.75, 3.05) is 26.4 Å². The predicted octanol–water partition coefficient (Wildman–Crippen LogP) is 4.15. The highest BCUT2D eigenvalue weighted by Crippen LogP contribution is 2.37. The molecule has 1 saturated heterocycles. The summed E-state index contributed by atoms with van der Waals surface area (Å²) in [6, 6.07) is 10.8. The largest absolute Gasteiger partial charge is 0.486 e. The molecule has 0 bridgehead atoms. The average Bonchev–Trinajstić information content (AvgIpc) is 2.67. The quantitative estimate of drug-likeness (QED) is 0.804. The first-order valence-corrected chi connectivity index (χ1v) is 9.62. The summed E-state index contributed by atoms with van der Waals surface area (Å²) in [6.45, 7) is 3.18. The lowest BCUT2D eigenvalue weighted by Gasteiger charge is -2.39. The fourth-order valence-electron chi connectivity index (χ4n) is 3.56. The van der Waals surface area contributed by atoms with Crippen molar-refractivity contribution in [3.63, 3.8) is 0 Å². The number of benzene rings is 2. The zero-order chi connectivity index (χ0) is 18.0. The van der Waals surface area contributed by atoms with Gasteiger partial charge in [-0.3, -0.25) is 0 Å². The number of rotatable bonds is 4. The Bertz CT molecular complexity index is 775. The Kier molecular flexibility index (Phi) is 5.16. The van der Waals surface area contributed by atoms with Gasteiger partial charge in [-0.25, -0.2) is 4.39 Å². The van der Waals surface area contributed by atoms with Crippen LogP contribution in [0.1, 0.15) is 24.0 Å². The van der Waals surface area contributed by atoms with Gasteiger partial charge in [0.25, 0.3) is 0 Å². The summed E-state index contributed by atoms with van der Waals surface area (Å²) < 4.78 is 31.2. The van der Waals surface area contributed by atoms with E-state index in [4.69, 9.17) is 14.2 Å². The third kappa shape index (κ3) is 3.59. The molecule has 4 nitrogen and oxygen atoms in total. The highest BCUT2D eigenvalue weighted by molar-refractivity contribution is 9.10. The van der Waals surface area contributed by atoms with Crippen molar-refractivity contribution in [1.29, 1.82) is 0 Å². The van der Waals surface area contributed by atoms with E-state index in [0.29, 0.717) is 33.0 Å². The van der Waals surface area contributed by atoms with E-state index in [-0.39, 0.29) is 11.4 Å². The van der Waals surface area contributed by atoms with E-state index in [1.807, 2.05) is 24.3 Å². The highest BCUT2D eigenvalue weighted by atomic mass is 79.9. The summed E-state index contributed by atoms with van der Waals surface area (Å²) in [5.74, 6) is 1.33. The van der Waals surface area contributed by atoms with Crippen LogP contribution in [0.15, 0.2) is 40.9 Å². The molecule has 1 fully saturated rings. The monoisotopic (exact) mass is 421 g/mol. The normalized spacial score (nSPS) is 18.5.